The Morgan fingerprint density at radius 1 is 1.21 bits per heavy atom. The number of anilines is 2. The van der Waals surface area contributed by atoms with Crippen LogP contribution in [0.2, 0.25) is 0 Å². The number of hydrogen-bond donors (Lipinski definition) is 2. The Kier molecular flexibility index (Phi) is 3.29. The molecule has 3 rings (SSSR count). The predicted octanol–water partition coefficient (Wildman–Crippen LogP) is 1.87. The average Bonchev–Trinajstić information content (AvgIpc) is 2.48. The maximum Gasteiger partial charge on any atom is 0.318 e. The highest BCUT2D eigenvalue weighted by Crippen LogP contribution is 2.25. The van der Waals surface area contributed by atoms with E-state index in [-0.39, 0.29) is 0 Å². The Hall–Kier alpha value is -2.14. The largest absolute Gasteiger partial charge is 0.467 e. The standard InChI is InChI=1S/C14H16N4O/c1-19-14-17-12-7-8-15-9-11(12)13(18-14)16-10-5-3-2-4-6-10/h2-6,15H,7-9H2,1H3,(H,16,17,18). The van der Waals surface area contributed by atoms with E-state index in [1.807, 2.05) is 30.3 Å². The highest BCUT2D eigenvalue weighted by molar-refractivity contribution is 5.60. The SMILES string of the molecule is COc1nc2c(c(Nc3ccccc3)n1)CNCC2. The molecule has 1 aromatic carbocycles. The van der Waals surface area contributed by atoms with Crippen molar-refractivity contribution in [1.29, 1.82) is 0 Å². The lowest BCUT2D eigenvalue weighted by atomic mass is 10.1. The summed E-state index contributed by atoms with van der Waals surface area (Å²) in [6, 6.07) is 10.4. The zero-order chi connectivity index (χ0) is 13.1. The molecule has 0 radical (unpaired) electrons. The van der Waals surface area contributed by atoms with E-state index in [0.717, 1.165) is 42.3 Å². The Balaban J connectivity index is 1.99. The minimum absolute atomic E-state index is 0.416. The summed E-state index contributed by atoms with van der Waals surface area (Å²) in [7, 11) is 1.59. The summed E-state index contributed by atoms with van der Waals surface area (Å²) >= 11 is 0. The lowest BCUT2D eigenvalue weighted by Gasteiger charge is -2.20. The molecule has 0 bridgehead atoms. The molecule has 2 heterocycles. The van der Waals surface area contributed by atoms with Crippen molar-refractivity contribution in [2.45, 2.75) is 13.0 Å². The van der Waals surface area contributed by atoms with Crippen molar-refractivity contribution < 1.29 is 4.74 Å². The van der Waals surface area contributed by atoms with Crippen LogP contribution in [-0.4, -0.2) is 23.6 Å². The number of fused-ring (bicyclic) bond motifs is 1. The van der Waals surface area contributed by atoms with Crippen LogP contribution in [0.1, 0.15) is 11.3 Å². The van der Waals surface area contributed by atoms with Crippen molar-refractivity contribution in [1.82, 2.24) is 15.3 Å². The second kappa shape index (κ2) is 5.24. The Bertz CT molecular complexity index is 571. The van der Waals surface area contributed by atoms with Crippen LogP contribution in [0.4, 0.5) is 11.5 Å². The lowest BCUT2D eigenvalue weighted by molar-refractivity contribution is 0.377. The molecule has 0 unspecified atom stereocenters. The first kappa shape index (κ1) is 11.9. The third-order valence-electron chi connectivity index (χ3n) is 3.13. The number of methoxy groups -OCH3 is 1. The smallest absolute Gasteiger partial charge is 0.318 e. The molecule has 0 fully saturated rings. The Morgan fingerprint density at radius 3 is 2.84 bits per heavy atom. The Morgan fingerprint density at radius 2 is 2.05 bits per heavy atom. The molecule has 0 aliphatic carbocycles. The van der Waals surface area contributed by atoms with Crippen LogP contribution in [0, 0.1) is 0 Å². The van der Waals surface area contributed by atoms with Crippen LogP contribution in [0.5, 0.6) is 6.01 Å². The summed E-state index contributed by atoms with van der Waals surface area (Å²) in [6.45, 7) is 1.73. The molecule has 2 N–H and O–H groups in total. The fourth-order valence-corrected chi connectivity index (χ4v) is 2.17. The third kappa shape index (κ3) is 2.51. The predicted molar refractivity (Wildman–Crippen MR) is 73.7 cm³/mol. The topological polar surface area (TPSA) is 59.1 Å². The van der Waals surface area contributed by atoms with E-state index in [2.05, 4.69) is 20.6 Å². The molecule has 0 atom stereocenters. The average molecular weight is 256 g/mol. The first-order valence-electron chi connectivity index (χ1n) is 6.33. The molecule has 1 aliphatic heterocycles. The van der Waals surface area contributed by atoms with Crippen LogP contribution >= 0.6 is 0 Å². The van der Waals surface area contributed by atoms with Gasteiger partial charge in [0.05, 0.1) is 12.8 Å². The maximum atomic E-state index is 5.18. The summed E-state index contributed by atoms with van der Waals surface area (Å²) in [5, 5.41) is 6.68. The fraction of sp³-hybridized carbons (Fsp3) is 0.286. The second-order valence-electron chi connectivity index (χ2n) is 4.40. The molecule has 0 spiro atoms. The van der Waals surface area contributed by atoms with Gasteiger partial charge in [0.1, 0.15) is 5.82 Å². The first-order chi connectivity index (χ1) is 9.36. The van der Waals surface area contributed by atoms with Crippen LogP contribution in [0.25, 0.3) is 0 Å². The van der Waals surface area contributed by atoms with Gasteiger partial charge in [-0.2, -0.15) is 9.97 Å². The van der Waals surface area contributed by atoms with Crippen molar-refractivity contribution >= 4 is 11.5 Å². The Labute approximate surface area is 112 Å². The van der Waals surface area contributed by atoms with Gasteiger partial charge in [-0.3, -0.25) is 0 Å². The zero-order valence-corrected chi connectivity index (χ0v) is 10.8. The number of hydrogen-bond acceptors (Lipinski definition) is 5. The van der Waals surface area contributed by atoms with Gasteiger partial charge < -0.3 is 15.4 Å². The van der Waals surface area contributed by atoms with E-state index < -0.39 is 0 Å². The summed E-state index contributed by atoms with van der Waals surface area (Å²) in [5.74, 6) is 0.820. The molecule has 98 valence electrons. The number of nitrogens with one attached hydrogen (secondary N) is 2. The van der Waals surface area contributed by atoms with Crippen LogP contribution < -0.4 is 15.4 Å². The summed E-state index contributed by atoms with van der Waals surface area (Å²) in [6.07, 6.45) is 0.900. The molecule has 19 heavy (non-hydrogen) atoms. The molecule has 5 nitrogen and oxygen atoms in total. The highest BCUT2D eigenvalue weighted by atomic mass is 16.5. The third-order valence-corrected chi connectivity index (χ3v) is 3.13. The van der Waals surface area contributed by atoms with E-state index in [1.165, 1.54) is 0 Å². The molecule has 1 aliphatic rings. The minimum atomic E-state index is 0.416. The fourth-order valence-electron chi connectivity index (χ4n) is 2.17. The number of rotatable bonds is 3. The monoisotopic (exact) mass is 256 g/mol. The summed E-state index contributed by atoms with van der Waals surface area (Å²) < 4.78 is 5.18. The quantitative estimate of drug-likeness (QED) is 0.878. The molecular formula is C14H16N4O. The molecule has 0 saturated heterocycles. The number of nitrogens with zero attached hydrogens (tertiary/aromatic N) is 2. The van der Waals surface area contributed by atoms with Gasteiger partial charge in [0, 0.05) is 30.8 Å². The van der Waals surface area contributed by atoms with Gasteiger partial charge in [0.25, 0.3) is 0 Å². The van der Waals surface area contributed by atoms with Gasteiger partial charge in [-0.15, -0.1) is 0 Å². The van der Waals surface area contributed by atoms with E-state index >= 15 is 0 Å². The molecular weight excluding hydrogens is 240 g/mol. The van der Waals surface area contributed by atoms with Gasteiger partial charge >= 0.3 is 6.01 Å². The minimum Gasteiger partial charge on any atom is -0.467 e. The number of ether oxygens (including phenoxy) is 1. The molecule has 5 heteroatoms. The lowest BCUT2D eigenvalue weighted by Crippen LogP contribution is -2.26. The highest BCUT2D eigenvalue weighted by Gasteiger charge is 2.17. The summed E-state index contributed by atoms with van der Waals surface area (Å²) in [5.41, 5.74) is 3.19. The first-order valence-corrected chi connectivity index (χ1v) is 6.33. The molecule has 1 aromatic heterocycles. The van der Waals surface area contributed by atoms with E-state index in [9.17, 15) is 0 Å². The van der Waals surface area contributed by atoms with Crippen molar-refractivity contribution in [3.63, 3.8) is 0 Å². The van der Waals surface area contributed by atoms with Gasteiger partial charge in [-0.1, -0.05) is 18.2 Å². The normalized spacial score (nSPS) is 13.7. The zero-order valence-electron chi connectivity index (χ0n) is 10.8. The number of benzene rings is 1. The van der Waals surface area contributed by atoms with E-state index in [0.29, 0.717) is 6.01 Å². The molecule has 0 saturated carbocycles. The van der Waals surface area contributed by atoms with Crippen LogP contribution in [0.15, 0.2) is 30.3 Å². The summed E-state index contributed by atoms with van der Waals surface area (Å²) in [4.78, 5) is 8.84. The van der Waals surface area contributed by atoms with Gasteiger partial charge in [0.15, 0.2) is 0 Å². The van der Waals surface area contributed by atoms with Crippen LogP contribution in [-0.2, 0) is 13.0 Å². The number of para-hydroxylation sites is 1. The van der Waals surface area contributed by atoms with Crippen molar-refractivity contribution in [2.75, 3.05) is 19.0 Å². The van der Waals surface area contributed by atoms with Gasteiger partial charge in [0.2, 0.25) is 0 Å². The van der Waals surface area contributed by atoms with E-state index in [4.69, 9.17) is 4.74 Å². The van der Waals surface area contributed by atoms with Gasteiger partial charge in [-0.05, 0) is 12.1 Å². The molecule has 2 aromatic rings. The van der Waals surface area contributed by atoms with E-state index in [1.54, 1.807) is 7.11 Å². The molecule has 0 amide bonds. The number of aromatic nitrogens is 2. The van der Waals surface area contributed by atoms with Crippen molar-refractivity contribution in [2.24, 2.45) is 0 Å². The second-order valence-corrected chi connectivity index (χ2v) is 4.40. The maximum absolute atomic E-state index is 5.18. The van der Waals surface area contributed by atoms with Crippen molar-refractivity contribution in [3.8, 4) is 6.01 Å². The van der Waals surface area contributed by atoms with Crippen LogP contribution in [0.3, 0.4) is 0 Å². The van der Waals surface area contributed by atoms with Crippen molar-refractivity contribution in [3.05, 3.63) is 41.6 Å². The van der Waals surface area contributed by atoms with Gasteiger partial charge in [-0.25, -0.2) is 0 Å².